The molecular weight excluding hydrogens is 262 g/mol. The fraction of sp³-hybridized carbons (Fsp3) is 0.588. The Bertz CT molecular complexity index is 579. The Morgan fingerprint density at radius 2 is 1.81 bits per heavy atom. The number of hydrogen-bond acceptors (Lipinski definition) is 3. The second kappa shape index (κ2) is 4.56. The van der Waals surface area contributed by atoms with E-state index in [0.29, 0.717) is 11.4 Å². The van der Waals surface area contributed by atoms with Crippen molar-refractivity contribution in [3.63, 3.8) is 0 Å². The first kappa shape index (κ1) is 12.8. The van der Waals surface area contributed by atoms with Gasteiger partial charge in [-0.1, -0.05) is 0 Å². The molecule has 0 spiro atoms. The van der Waals surface area contributed by atoms with Gasteiger partial charge in [0.25, 0.3) is 0 Å². The quantitative estimate of drug-likeness (QED) is 0.905. The van der Waals surface area contributed by atoms with E-state index in [1.807, 2.05) is 6.07 Å². The standard InChI is InChI=1S/C17H19N3O/c18-9-11-1-2-15(19-10-11)20-16(21)17-6-12-3-13(7-17)5-14(4-12)8-17/h1-2,10,12-14H,3-8H2,(H,19,20,21). The third-order valence-electron chi connectivity index (χ3n) is 5.65. The summed E-state index contributed by atoms with van der Waals surface area (Å²) < 4.78 is 0. The maximum atomic E-state index is 12.8. The highest BCUT2D eigenvalue weighted by molar-refractivity contribution is 5.94. The topological polar surface area (TPSA) is 65.8 Å². The van der Waals surface area contributed by atoms with E-state index in [1.54, 1.807) is 12.1 Å². The Kier molecular flexibility index (Phi) is 2.78. The lowest BCUT2D eigenvalue weighted by Gasteiger charge is -2.55. The molecule has 1 aromatic rings. The number of hydrogen-bond donors (Lipinski definition) is 1. The fourth-order valence-electron chi connectivity index (χ4n) is 5.17. The average molecular weight is 281 g/mol. The Morgan fingerprint density at radius 3 is 2.29 bits per heavy atom. The van der Waals surface area contributed by atoms with Crippen LogP contribution < -0.4 is 5.32 Å². The van der Waals surface area contributed by atoms with Gasteiger partial charge < -0.3 is 5.32 Å². The summed E-state index contributed by atoms with van der Waals surface area (Å²) in [7, 11) is 0. The van der Waals surface area contributed by atoms with Gasteiger partial charge in [-0.05, 0) is 68.4 Å². The van der Waals surface area contributed by atoms with E-state index in [-0.39, 0.29) is 11.3 Å². The molecule has 1 aromatic heterocycles. The van der Waals surface area contributed by atoms with E-state index < -0.39 is 0 Å². The molecule has 21 heavy (non-hydrogen) atoms. The summed E-state index contributed by atoms with van der Waals surface area (Å²) in [5.41, 5.74) is 0.368. The zero-order valence-corrected chi connectivity index (χ0v) is 12.0. The van der Waals surface area contributed by atoms with E-state index in [2.05, 4.69) is 10.3 Å². The van der Waals surface area contributed by atoms with Gasteiger partial charge in [0.2, 0.25) is 5.91 Å². The van der Waals surface area contributed by atoms with Crippen molar-refractivity contribution in [1.82, 2.24) is 4.98 Å². The highest BCUT2D eigenvalue weighted by Gasteiger charge is 2.54. The van der Waals surface area contributed by atoms with Crippen LogP contribution in [0.1, 0.15) is 44.1 Å². The molecule has 4 aliphatic carbocycles. The summed E-state index contributed by atoms with van der Waals surface area (Å²) in [5, 5.41) is 11.8. The molecule has 4 nitrogen and oxygen atoms in total. The Labute approximate surface area is 124 Å². The van der Waals surface area contributed by atoms with Gasteiger partial charge in [0.1, 0.15) is 11.9 Å². The van der Waals surface area contributed by atoms with Crippen molar-refractivity contribution >= 4 is 11.7 Å². The third-order valence-corrected chi connectivity index (χ3v) is 5.65. The number of pyridine rings is 1. The molecule has 4 saturated carbocycles. The number of nitrogens with zero attached hydrogens (tertiary/aromatic N) is 2. The van der Waals surface area contributed by atoms with Crippen LogP contribution in [0.4, 0.5) is 5.82 Å². The van der Waals surface area contributed by atoms with Crippen molar-refractivity contribution in [2.45, 2.75) is 38.5 Å². The lowest BCUT2D eigenvalue weighted by molar-refractivity contribution is -0.140. The summed E-state index contributed by atoms with van der Waals surface area (Å²) in [6, 6.07) is 5.46. The monoisotopic (exact) mass is 281 g/mol. The minimum atomic E-state index is -0.148. The van der Waals surface area contributed by atoms with Crippen molar-refractivity contribution in [2.75, 3.05) is 5.32 Å². The summed E-state index contributed by atoms with van der Waals surface area (Å²) in [6.07, 6.45) is 8.68. The molecule has 1 amide bonds. The van der Waals surface area contributed by atoms with E-state index in [4.69, 9.17) is 5.26 Å². The second-order valence-electron chi connectivity index (χ2n) is 7.20. The van der Waals surface area contributed by atoms with Gasteiger partial charge in [0.05, 0.1) is 11.0 Å². The molecular formula is C17H19N3O. The second-order valence-corrected chi connectivity index (χ2v) is 7.20. The molecule has 0 saturated heterocycles. The fourth-order valence-corrected chi connectivity index (χ4v) is 5.17. The highest BCUT2D eigenvalue weighted by atomic mass is 16.2. The smallest absolute Gasteiger partial charge is 0.231 e. The summed E-state index contributed by atoms with van der Waals surface area (Å²) >= 11 is 0. The number of aromatic nitrogens is 1. The van der Waals surface area contributed by atoms with Gasteiger partial charge in [-0.15, -0.1) is 0 Å². The first-order chi connectivity index (χ1) is 10.2. The Hall–Kier alpha value is -1.89. The predicted molar refractivity (Wildman–Crippen MR) is 78.2 cm³/mol. The van der Waals surface area contributed by atoms with Crippen LogP contribution in [0.15, 0.2) is 18.3 Å². The van der Waals surface area contributed by atoms with E-state index in [9.17, 15) is 4.79 Å². The summed E-state index contributed by atoms with van der Waals surface area (Å²) in [6.45, 7) is 0. The SMILES string of the molecule is N#Cc1ccc(NC(=O)C23CC4CC(CC(C4)C2)C3)nc1. The minimum absolute atomic E-state index is 0.148. The molecule has 0 atom stereocenters. The predicted octanol–water partition coefficient (Wildman–Crippen LogP) is 3.11. The molecule has 0 unspecified atom stereocenters. The average Bonchev–Trinajstić information content (AvgIpc) is 2.46. The van der Waals surface area contributed by atoms with E-state index in [1.165, 1.54) is 25.5 Å². The van der Waals surface area contributed by atoms with Gasteiger partial charge in [0, 0.05) is 6.20 Å². The van der Waals surface area contributed by atoms with Gasteiger partial charge in [-0.3, -0.25) is 4.79 Å². The van der Waals surface area contributed by atoms with Gasteiger partial charge in [0.15, 0.2) is 0 Å². The number of amides is 1. The number of carbonyl (C=O) groups is 1. The number of nitrogens with one attached hydrogen (secondary N) is 1. The lowest BCUT2D eigenvalue weighted by atomic mass is 9.49. The summed E-state index contributed by atoms with van der Waals surface area (Å²) in [5.74, 6) is 3.00. The first-order valence-electron chi connectivity index (χ1n) is 7.84. The number of nitriles is 1. The Morgan fingerprint density at radius 1 is 1.19 bits per heavy atom. The van der Waals surface area contributed by atoms with Crippen LogP contribution in [0.5, 0.6) is 0 Å². The lowest BCUT2D eigenvalue weighted by Crippen LogP contribution is -2.51. The molecule has 1 heterocycles. The van der Waals surface area contributed by atoms with Crippen LogP contribution in [-0.2, 0) is 4.79 Å². The molecule has 0 aliphatic heterocycles. The van der Waals surface area contributed by atoms with Gasteiger partial charge in [-0.25, -0.2) is 4.98 Å². The van der Waals surface area contributed by atoms with Crippen molar-refractivity contribution in [2.24, 2.45) is 23.2 Å². The van der Waals surface area contributed by atoms with Crippen LogP contribution in [0.3, 0.4) is 0 Å². The molecule has 5 rings (SSSR count). The molecule has 4 aliphatic rings. The zero-order chi connectivity index (χ0) is 14.4. The molecule has 0 aromatic carbocycles. The van der Waals surface area contributed by atoms with Crippen molar-refractivity contribution in [1.29, 1.82) is 5.26 Å². The molecule has 0 radical (unpaired) electrons. The van der Waals surface area contributed by atoms with Crippen LogP contribution in [0.25, 0.3) is 0 Å². The van der Waals surface area contributed by atoms with Gasteiger partial charge >= 0.3 is 0 Å². The van der Waals surface area contributed by atoms with Crippen LogP contribution in [0, 0.1) is 34.5 Å². The third kappa shape index (κ3) is 2.12. The number of rotatable bonds is 2. The molecule has 108 valence electrons. The maximum absolute atomic E-state index is 12.8. The highest BCUT2D eigenvalue weighted by Crippen LogP contribution is 2.60. The molecule has 1 N–H and O–H groups in total. The van der Waals surface area contributed by atoms with Crippen molar-refractivity contribution in [3.05, 3.63) is 23.9 Å². The van der Waals surface area contributed by atoms with Crippen LogP contribution in [0.2, 0.25) is 0 Å². The zero-order valence-electron chi connectivity index (χ0n) is 12.0. The van der Waals surface area contributed by atoms with Crippen LogP contribution in [-0.4, -0.2) is 10.9 Å². The largest absolute Gasteiger partial charge is 0.310 e. The van der Waals surface area contributed by atoms with E-state index >= 15 is 0 Å². The van der Waals surface area contributed by atoms with Crippen LogP contribution >= 0.6 is 0 Å². The Balaban J connectivity index is 1.53. The van der Waals surface area contributed by atoms with Gasteiger partial charge in [-0.2, -0.15) is 5.26 Å². The van der Waals surface area contributed by atoms with Crippen molar-refractivity contribution < 1.29 is 4.79 Å². The molecule has 4 bridgehead atoms. The maximum Gasteiger partial charge on any atom is 0.231 e. The van der Waals surface area contributed by atoms with E-state index in [0.717, 1.165) is 37.0 Å². The normalized spacial score (nSPS) is 36.2. The minimum Gasteiger partial charge on any atom is -0.310 e. The first-order valence-corrected chi connectivity index (χ1v) is 7.84. The summed E-state index contributed by atoms with van der Waals surface area (Å²) in [4.78, 5) is 17.0. The number of carbonyl (C=O) groups excluding carboxylic acids is 1. The molecule has 4 heteroatoms. The van der Waals surface area contributed by atoms with Crippen molar-refractivity contribution in [3.8, 4) is 6.07 Å². The number of anilines is 1. The molecule has 4 fully saturated rings.